The van der Waals surface area contributed by atoms with Crippen molar-refractivity contribution >= 4 is 5.96 Å². The zero-order chi connectivity index (χ0) is 13.8. The minimum absolute atomic E-state index is 0.00195. The number of hydrogen-bond donors (Lipinski definition) is 5. The number of guanidine groups is 1. The first kappa shape index (κ1) is 16.4. The Morgan fingerprint density at radius 1 is 1.28 bits per heavy atom. The molecule has 1 unspecified atom stereocenters. The molecule has 102 valence electrons. The van der Waals surface area contributed by atoms with Crippen LogP contribution >= 0.6 is 0 Å². The van der Waals surface area contributed by atoms with E-state index in [1.54, 1.807) is 0 Å². The van der Waals surface area contributed by atoms with Crippen molar-refractivity contribution in [1.82, 2.24) is 5.32 Å². The number of aliphatic imine (C=N–C) groups is 1. The van der Waals surface area contributed by atoms with Crippen molar-refractivity contribution in [3.8, 4) is 0 Å². The van der Waals surface area contributed by atoms with Crippen LogP contribution in [0.25, 0.3) is 0 Å². The van der Waals surface area contributed by atoms with Gasteiger partial charge in [-0.25, -0.2) is 0 Å². The van der Waals surface area contributed by atoms with Gasteiger partial charge in [0.2, 0.25) is 0 Å². The lowest BCUT2D eigenvalue weighted by Gasteiger charge is -2.09. The summed E-state index contributed by atoms with van der Waals surface area (Å²) in [5.74, 6) is 0.00195. The second-order valence-corrected chi connectivity index (χ2v) is 3.54. The maximum atomic E-state index is 9.50. The summed E-state index contributed by atoms with van der Waals surface area (Å²) < 4.78 is 0. The first-order chi connectivity index (χ1) is 8.68. The van der Waals surface area contributed by atoms with Gasteiger partial charge in [0.1, 0.15) is 0 Å². The molecular formula is C12H23N5O. The van der Waals surface area contributed by atoms with Gasteiger partial charge in [0.05, 0.1) is 12.6 Å². The minimum Gasteiger partial charge on any atom is -0.390 e. The molecule has 1 atom stereocenters. The van der Waals surface area contributed by atoms with E-state index in [4.69, 9.17) is 11.5 Å². The zero-order valence-corrected chi connectivity index (χ0v) is 10.7. The van der Waals surface area contributed by atoms with Gasteiger partial charge in [-0.1, -0.05) is 30.3 Å². The van der Waals surface area contributed by atoms with Crippen LogP contribution in [0, 0.1) is 0 Å². The Hall–Kier alpha value is -1.63. The second kappa shape index (κ2) is 10.5. The predicted octanol–water partition coefficient (Wildman–Crippen LogP) is -1.01. The van der Waals surface area contributed by atoms with E-state index < -0.39 is 6.10 Å². The maximum absolute atomic E-state index is 9.50. The van der Waals surface area contributed by atoms with Crippen molar-refractivity contribution in [3.63, 3.8) is 0 Å². The normalized spacial score (nSPS) is 11.1. The minimum atomic E-state index is -0.564. The molecular weight excluding hydrogens is 230 g/mol. The third-order valence-electron chi connectivity index (χ3n) is 2.04. The molecule has 6 nitrogen and oxygen atoms in total. The van der Waals surface area contributed by atoms with Crippen LogP contribution in [0.15, 0.2) is 35.3 Å². The summed E-state index contributed by atoms with van der Waals surface area (Å²) in [6.45, 7) is 1.41. The lowest BCUT2D eigenvalue weighted by atomic mass is 10.2. The average molecular weight is 253 g/mol. The molecule has 0 bridgehead atoms. The molecule has 0 amide bonds. The van der Waals surface area contributed by atoms with Crippen molar-refractivity contribution in [3.05, 3.63) is 35.9 Å². The van der Waals surface area contributed by atoms with Gasteiger partial charge in [-0.05, 0) is 12.6 Å². The number of nitrogens with zero attached hydrogens (tertiary/aromatic N) is 1. The molecule has 0 aliphatic carbocycles. The summed E-state index contributed by atoms with van der Waals surface area (Å²) in [7, 11) is 1.50. The molecule has 6 heteroatoms. The molecule has 0 aromatic heterocycles. The third-order valence-corrected chi connectivity index (χ3v) is 2.04. The molecule has 1 aromatic rings. The average Bonchev–Trinajstić information content (AvgIpc) is 2.40. The Morgan fingerprint density at radius 3 is 2.44 bits per heavy atom. The number of rotatable bonds is 6. The number of nitrogens with one attached hydrogen (secondary N) is 1. The molecule has 8 N–H and O–H groups in total. The lowest BCUT2D eigenvalue weighted by Crippen LogP contribution is -2.31. The van der Waals surface area contributed by atoms with Gasteiger partial charge in [0, 0.05) is 13.1 Å². The van der Waals surface area contributed by atoms with Crippen LogP contribution in [0.4, 0.5) is 0 Å². The van der Waals surface area contributed by atoms with Crippen molar-refractivity contribution in [2.45, 2.75) is 12.6 Å². The molecule has 0 aliphatic heterocycles. The maximum Gasteiger partial charge on any atom is 0.185 e. The van der Waals surface area contributed by atoms with Crippen LogP contribution in [0.3, 0.4) is 0 Å². The Kier molecular flexibility index (Phi) is 9.57. The molecule has 1 rings (SSSR count). The van der Waals surface area contributed by atoms with Crippen LogP contribution in [-0.2, 0) is 6.54 Å². The predicted molar refractivity (Wildman–Crippen MR) is 74.9 cm³/mol. The van der Waals surface area contributed by atoms with Gasteiger partial charge in [-0.15, -0.1) is 0 Å². The van der Waals surface area contributed by atoms with Gasteiger partial charge in [0.15, 0.2) is 5.96 Å². The van der Waals surface area contributed by atoms with Gasteiger partial charge in [0.25, 0.3) is 0 Å². The molecule has 0 spiro atoms. The number of benzene rings is 1. The van der Waals surface area contributed by atoms with Crippen LogP contribution in [0.1, 0.15) is 5.56 Å². The molecule has 1 aromatic carbocycles. The topological polar surface area (TPSA) is 123 Å². The SMILES string of the molecule is CN.NC(N)=NCC(O)CNCc1ccccc1. The highest BCUT2D eigenvalue weighted by Crippen LogP contribution is 1.97. The first-order valence-electron chi connectivity index (χ1n) is 5.74. The molecule has 0 radical (unpaired) electrons. The zero-order valence-electron chi connectivity index (χ0n) is 10.7. The van der Waals surface area contributed by atoms with Gasteiger partial charge in [-0.2, -0.15) is 0 Å². The fourth-order valence-electron chi connectivity index (χ4n) is 1.25. The molecule has 18 heavy (non-hydrogen) atoms. The van der Waals surface area contributed by atoms with E-state index in [0.717, 1.165) is 6.54 Å². The van der Waals surface area contributed by atoms with E-state index in [2.05, 4.69) is 16.0 Å². The Bertz CT molecular complexity index is 324. The molecule has 0 saturated carbocycles. The lowest BCUT2D eigenvalue weighted by molar-refractivity contribution is 0.180. The summed E-state index contributed by atoms with van der Waals surface area (Å²) in [6, 6.07) is 9.97. The van der Waals surface area contributed by atoms with E-state index in [0.29, 0.717) is 6.54 Å². The highest BCUT2D eigenvalue weighted by molar-refractivity contribution is 5.75. The molecule has 0 fully saturated rings. The van der Waals surface area contributed by atoms with Crippen LogP contribution < -0.4 is 22.5 Å². The van der Waals surface area contributed by atoms with Crippen molar-refractivity contribution in [2.24, 2.45) is 22.2 Å². The van der Waals surface area contributed by atoms with E-state index in [1.165, 1.54) is 12.6 Å². The molecule has 0 aliphatic rings. The fraction of sp³-hybridized carbons (Fsp3) is 0.417. The number of nitrogens with two attached hydrogens (primary N) is 3. The molecule has 0 heterocycles. The standard InChI is InChI=1S/C11H18N4O.CH5N/c12-11(13)15-8-10(16)7-14-6-9-4-2-1-3-5-9;1-2/h1-5,10,14,16H,6-8H2,(H4,12,13,15);2H2,1H3. The smallest absolute Gasteiger partial charge is 0.185 e. The van der Waals surface area contributed by atoms with Crippen molar-refractivity contribution < 1.29 is 5.11 Å². The van der Waals surface area contributed by atoms with Crippen molar-refractivity contribution in [2.75, 3.05) is 20.1 Å². The quantitative estimate of drug-likeness (QED) is 0.328. The first-order valence-corrected chi connectivity index (χ1v) is 5.74. The highest BCUT2D eigenvalue weighted by atomic mass is 16.3. The fourth-order valence-corrected chi connectivity index (χ4v) is 1.25. The Morgan fingerprint density at radius 2 is 1.89 bits per heavy atom. The van der Waals surface area contributed by atoms with Crippen LogP contribution in [0.2, 0.25) is 0 Å². The van der Waals surface area contributed by atoms with Gasteiger partial charge in [-0.3, -0.25) is 4.99 Å². The number of aliphatic hydroxyl groups excluding tert-OH is 1. The monoisotopic (exact) mass is 253 g/mol. The van der Waals surface area contributed by atoms with Crippen molar-refractivity contribution in [1.29, 1.82) is 0 Å². The van der Waals surface area contributed by atoms with Gasteiger partial charge >= 0.3 is 0 Å². The number of aliphatic hydroxyl groups is 1. The Balaban J connectivity index is 0.00000137. The van der Waals surface area contributed by atoms with E-state index in [-0.39, 0.29) is 12.5 Å². The van der Waals surface area contributed by atoms with Crippen LogP contribution in [0.5, 0.6) is 0 Å². The summed E-state index contributed by atoms with van der Waals surface area (Å²) in [4.78, 5) is 3.73. The Labute approximate surface area is 108 Å². The van der Waals surface area contributed by atoms with Crippen LogP contribution in [-0.4, -0.2) is 37.3 Å². The van der Waals surface area contributed by atoms with Gasteiger partial charge < -0.3 is 27.6 Å². The second-order valence-electron chi connectivity index (χ2n) is 3.54. The highest BCUT2D eigenvalue weighted by Gasteiger charge is 2.01. The number of hydrogen-bond acceptors (Lipinski definition) is 4. The third kappa shape index (κ3) is 8.51. The summed E-state index contributed by atoms with van der Waals surface area (Å²) in [5.41, 5.74) is 16.0. The largest absolute Gasteiger partial charge is 0.390 e. The van der Waals surface area contributed by atoms with E-state index in [9.17, 15) is 5.11 Å². The molecule has 0 saturated heterocycles. The summed E-state index contributed by atoms with van der Waals surface area (Å²) in [5, 5.41) is 12.6. The summed E-state index contributed by atoms with van der Waals surface area (Å²) in [6.07, 6.45) is -0.564. The van der Waals surface area contributed by atoms with E-state index >= 15 is 0 Å². The van der Waals surface area contributed by atoms with E-state index in [1.807, 2.05) is 30.3 Å². The summed E-state index contributed by atoms with van der Waals surface area (Å²) >= 11 is 0.